The van der Waals surface area contributed by atoms with E-state index >= 15 is 0 Å². The van der Waals surface area contributed by atoms with Crippen LogP contribution in [0.25, 0.3) is 5.65 Å². The van der Waals surface area contributed by atoms with E-state index < -0.39 is 0 Å². The molecule has 122 valence electrons. The maximum absolute atomic E-state index is 11.8. The van der Waals surface area contributed by atoms with E-state index in [9.17, 15) is 4.79 Å². The van der Waals surface area contributed by atoms with Gasteiger partial charge in [-0.25, -0.2) is 19.3 Å². The smallest absolute Gasteiger partial charge is 0.347 e. The third-order valence-corrected chi connectivity index (χ3v) is 3.55. The number of hydrogen-bond acceptors (Lipinski definition) is 5. The molecule has 7 heteroatoms. The van der Waals surface area contributed by atoms with Crippen LogP contribution < -0.4 is 11.0 Å². The van der Waals surface area contributed by atoms with Gasteiger partial charge in [0.2, 0.25) is 5.65 Å². The Labute approximate surface area is 129 Å². The van der Waals surface area contributed by atoms with Crippen molar-refractivity contribution in [1.82, 2.24) is 19.6 Å². The first-order valence-corrected chi connectivity index (χ1v) is 7.76. The van der Waals surface area contributed by atoms with Gasteiger partial charge in [-0.2, -0.15) is 0 Å². The lowest BCUT2D eigenvalue weighted by atomic mass is 9.93. The van der Waals surface area contributed by atoms with E-state index in [1.807, 2.05) is 0 Å². The minimum atomic E-state index is -0.256. The van der Waals surface area contributed by atoms with Crippen molar-refractivity contribution < 1.29 is 5.11 Å². The van der Waals surface area contributed by atoms with Gasteiger partial charge in [0.1, 0.15) is 0 Å². The summed E-state index contributed by atoms with van der Waals surface area (Å²) in [5.41, 5.74) is 0.955. The van der Waals surface area contributed by atoms with Crippen LogP contribution in [0.1, 0.15) is 52.1 Å². The summed E-state index contributed by atoms with van der Waals surface area (Å²) < 4.78 is 1.50. The zero-order valence-electron chi connectivity index (χ0n) is 13.5. The second kappa shape index (κ2) is 6.91. The standard InChI is InChI=1S/C15H25N5O2/c1-15(2,3)11-10-20-13(18-19-14(20)22)12(17-11)16-8-6-4-5-7-9-21/h10,21H,4-9H2,1-3H3,(H,16,17)(H,19,22). The van der Waals surface area contributed by atoms with Crippen LogP contribution in [-0.2, 0) is 5.41 Å². The maximum atomic E-state index is 11.8. The van der Waals surface area contributed by atoms with Crippen molar-refractivity contribution in [2.75, 3.05) is 18.5 Å². The van der Waals surface area contributed by atoms with Gasteiger partial charge >= 0.3 is 5.69 Å². The summed E-state index contributed by atoms with van der Waals surface area (Å²) in [6, 6.07) is 0. The van der Waals surface area contributed by atoms with E-state index in [0.29, 0.717) is 11.5 Å². The third-order valence-electron chi connectivity index (χ3n) is 3.55. The normalized spacial score (nSPS) is 12.0. The van der Waals surface area contributed by atoms with E-state index in [-0.39, 0.29) is 17.7 Å². The Bertz CT molecular complexity index is 669. The predicted molar refractivity (Wildman–Crippen MR) is 86.4 cm³/mol. The summed E-state index contributed by atoms with van der Waals surface area (Å²) in [4.78, 5) is 16.5. The van der Waals surface area contributed by atoms with Gasteiger partial charge in [-0.05, 0) is 12.8 Å². The van der Waals surface area contributed by atoms with Crippen LogP contribution in [0.15, 0.2) is 11.0 Å². The Morgan fingerprint density at radius 3 is 2.68 bits per heavy atom. The zero-order valence-corrected chi connectivity index (χ0v) is 13.5. The van der Waals surface area contributed by atoms with Crippen LogP contribution in [0, 0.1) is 0 Å². The molecule has 3 N–H and O–H groups in total. The number of aliphatic hydroxyl groups excluding tert-OH is 1. The summed E-state index contributed by atoms with van der Waals surface area (Å²) in [6.45, 7) is 7.20. The molecule has 0 aliphatic carbocycles. The Hall–Kier alpha value is -1.89. The summed E-state index contributed by atoms with van der Waals surface area (Å²) in [5, 5.41) is 18.5. The highest BCUT2D eigenvalue weighted by molar-refractivity contribution is 5.62. The fourth-order valence-corrected chi connectivity index (χ4v) is 2.19. The van der Waals surface area contributed by atoms with Gasteiger partial charge in [-0.15, -0.1) is 5.10 Å². The molecule has 0 aliphatic rings. The minimum absolute atomic E-state index is 0.150. The number of aromatic amines is 1. The first-order valence-electron chi connectivity index (χ1n) is 7.76. The highest BCUT2D eigenvalue weighted by Gasteiger charge is 2.19. The molecule has 0 fully saturated rings. The average molecular weight is 307 g/mol. The lowest BCUT2D eigenvalue weighted by Crippen LogP contribution is -2.19. The molecule has 0 atom stereocenters. The fraction of sp³-hybridized carbons (Fsp3) is 0.667. The van der Waals surface area contributed by atoms with Gasteiger partial charge in [0, 0.05) is 24.8 Å². The molecular formula is C15H25N5O2. The molecule has 0 spiro atoms. The highest BCUT2D eigenvalue weighted by Crippen LogP contribution is 2.22. The molecule has 0 aliphatic heterocycles. The van der Waals surface area contributed by atoms with Crippen LogP contribution in [0.5, 0.6) is 0 Å². The quantitative estimate of drug-likeness (QED) is 0.676. The number of nitrogens with one attached hydrogen (secondary N) is 2. The lowest BCUT2D eigenvalue weighted by Gasteiger charge is -2.19. The molecule has 0 aromatic carbocycles. The molecule has 0 saturated carbocycles. The van der Waals surface area contributed by atoms with Crippen molar-refractivity contribution in [3.63, 3.8) is 0 Å². The van der Waals surface area contributed by atoms with E-state index in [4.69, 9.17) is 5.11 Å². The molecular weight excluding hydrogens is 282 g/mol. The van der Waals surface area contributed by atoms with E-state index in [1.165, 1.54) is 4.40 Å². The summed E-state index contributed by atoms with van der Waals surface area (Å²) in [6.07, 6.45) is 5.65. The summed E-state index contributed by atoms with van der Waals surface area (Å²) >= 11 is 0. The molecule has 22 heavy (non-hydrogen) atoms. The third kappa shape index (κ3) is 3.85. The Kier molecular flexibility index (Phi) is 5.18. The van der Waals surface area contributed by atoms with Gasteiger partial charge < -0.3 is 10.4 Å². The molecule has 2 aromatic heterocycles. The van der Waals surface area contributed by atoms with Gasteiger partial charge in [0.15, 0.2) is 5.82 Å². The number of hydrogen-bond donors (Lipinski definition) is 3. The molecule has 0 saturated heterocycles. The number of anilines is 1. The van der Waals surface area contributed by atoms with Crippen molar-refractivity contribution in [2.24, 2.45) is 0 Å². The number of H-pyrrole nitrogens is 1. The second-order valence-corrected chi connectivity index (χ2v) is 6.51. The zero-order chi connectivity index (χ0) is 16.2. The van der Waals surface area contributed by atoms with Crippen molar-refractivity contribution in [3.8, 4) is 0 Å². The van der Waals surface area contributed by atoms with Crippen LogP contribution >= 0.6 is 0 Å². The number of aromatic nitrogens is 4. The molecule has 2 rings (SSSR count). The Morgan fingerprint density at radius 2 is 2.00 bits per heavy atom. The Morgan fingerprint density at radius 1 is 1.27 bits per heavy atom. The predicted octanol–water partition coefficient (Wildman–Crippen LogP) is 1.68. The molecule has 0 radical (unpaired) electrons. The molecule has 2 heterocycles. The van der Waals surface area contributed by atoms with Crippen LogP contribution in [-0.4, -0.2) is 37.8 Å². The van der Waals surface area contributed by atoms with Gasteiger partial charge in [0.25, 0.3) is 0 Å². The number of unbranched alkanes of at least 4 members (excludes halogenated alkanes) is 3. The number of aliphatic hydroxyl groups is 1. The van der Waals surface area contributed by atoms with E-state index in [0.717, 1.165) is 37.9 Å². The number of nitrogens with zero attached hydrogens (tertiary/aromatic N) is 3. The molecule has 0 bridgehead atoms. The van der Waals surface area contributed by atoms with Crippen LogP contribution in [0.3, 0.4) is 0 Å². The summed E-state index contributed by atoms with van der Waals surface area (Å²) in [5.74, 6) is 0.632. The van der Waals surface area contributed by atoms with Crippen LogP contribution in [0.2, 0.25) is 0 Å². The fourth-order valence-electron chi connectivity index (χ4n) is 2.19. The first-order chi connectivity index (χ1) is 10.4. The highest BCUT2D eigenvalue weighted by atomic mass is 16.2. The van der Waals surface area contributed by atoms with Crippen molar-refractivity contribution in [1.29, 1.82) is 0 Å². The largest absolute Gasteiger partial charge is 0.396 e. The topological polar surface area (TPSA) is 95.3 Å². The number of rotatable bonds is 7. The van der Waals surface area contributed by atoms with Crippen molar-refractivity contribution >= 4 is 11.5 Å². The monoisotopic (exact) mass is 307 g/mol. The van der Waals surface area contributed by atoms with Crippen LogP contribution in [0.4, 0.5) is 5.82 Å². The molecule has 7 nitrogen and oxygen atoms in total. The lowest BCUT2D eigenvalue weighted by molar-refractivity contribution is 0.283. The average Bonchev–Trinajstić information content (AvgIpc) is 2.83. The first kappa shape index (κ1) is 16.5. The van der Waals surface area contributed by atoms with Gasteiger partial charge in [0.05, 0.1) is 5.69 Å². The SMILES string of the molecule is CC(C)(C)c1cn2c(=O)[nH]nc2c(NCCCCCCO)n1. The molecule has 0 unspecified atom stereocenters. The minimum Gasteiger partial charge on any atom is -0.396 e. The van der Waals surface area contributed by atoms with Gasteiger partial charge in [-0.3, -0.25) is 0 Å². The second-order valence-electron chi connectivity index (χ2n) is 6.51. The number of fused-ring (bicyclic) bond motifs is 1. The van der Waals surface area contributed by atoms with Crippen molar-refractivity contribution in [2.45, 2.75) is 51.9 Å². The summed E-state index contributed by atoms with van der Waals surface area (Å²) in [7, 11) is 0. The maximum Gasteiger partial charge on any atom is 0.347 e. The van der Waals surface area contributed by atoms with Crippen molar-refractivity contribution in [3.05, 3.63) is 22.4 Å². The van der Waals surface area contributed by atoms with Gasteiger partial charge in [-0.1, -0.05) is 33.6 Å². The molecule has 2 aromatic rings. The molecule has 0 amide bonds. The van der Waals surface area contributed by atoms with E-state index in [1.54, 1.807) is 6.20 Å². The van der Waals surface area contributed by atoms with E-state index in [2.05, 4.69) is 41.3 Å². The Balaban J connectivity index is 2.15.